The Bertz CT molecular complexity index is 1180. The van der Waals surface area contributed by atoms with Gasteiger partial charge >= 0.3 is 17.8 Å². The van der Waals surface area contributed by atoms with E-state index in [1.807, 2.05) is 19.1 Å². The number of fused-ring (bicyclic) bond motifs is 1. The van der Waals surface area contributed by atoms with Crippen LogP contribution in [-0.2, 0) is 40.5 Å². The van der Waals surface area contributed by atoms with E-state index in [0.29, 0.717) is 29.8 Å². The summed E-state index contributed by atoms with van der Waals surface area (Å²) in [6, 6.07) is 7.37. The summed E-state index contributed by atoms with van der Waals surface area (Å²) < 4.78 is 30.4. The molecule has 0 saturated carbocycles. The van der Waals surface area contributed by atoms with Gasteiger partial charge in [-0.1, -0.05) is 17.7 Å². The predicted molar refractivity (Wildman–Crippen MR) is 115 cm³/mol. The molecule has 11 heteroatoms. The van der Waals surface area contributed by atoms with Crippen molar-refractivity contribution >= 4 is 33.4 Å². The molecule has 1 aromatic carbocycles. The molecular formula is C21H24N4O6S. The Hall–Kier alpha value is -3.21. The molecule has 10 nitrogen and oxygen atoms in total. The Kier molecular flexibility index (Phi) is 5.76. The number of hydrogen-bond donors (Lipinski definition) is 1. The summed E-state index contributed by atoms with van der Waals surface area (Å²) in [5.41, 5.74) is 2.44. The highest BCUT2D eigenvalue weighted by Gasteiger charge is 2.35. The molecule has 0 radical (unpaired) electrons. The average Bonchev–Trinajstić information content (AvgIpc) is 3.25. The van der Waals surface area contributed by atoms with Crippen LogP contribution in [0.15, 0.2) is 24.3 Å². The number of nitrogens with zero attached hydrogens (tertiary/aromatic N) is 3. The fourth-order valence-electron chi connectivity index (χ4n) is 4.03. The number of hydrogen-bond acceptors (Lipinski definition) is 7. The number of aromatic nitrogens is 2. The van der Waals surface area contributed by atoms with Crippen molar-refractivity contribution in [2.24, 2.45) is 5.92 Å². The first kappa shape index (κ1) is 22.0. The molecule has 1 aromatic heterocycles. The molecule has 0 atom stereocenters. The van der Waals surface area contributed by atoms with Gasteiger partial charge in [0.1, 0.15) is 5.82 Å². The Morgan fingerprint density at radius 3 is 2.38 bits per heavy atom. The standard InChI is InChI=1S/C21H24N4O6S/c1-13-3-5-15(6-4-13)25-18(16-11-32(29,30)12-17(16)23-25)22-19(26)20(27)24-9-7-14(8-10-24)21(28)31-2/h3-6,14H,7-12H2,1-2H3,(H,22,26). The van der Waals surface area contributed by atoms with E-state index >= 15 is 0 Å². The van der Waals surface area contributed by atoms with Gasteiger partial charge in [-0.05, 0) is 31.9 Å². The van der Waals surface area contributed by atoms with E-state index in [9.17, 15) is 22.8 Å². The SMILES string of the molecule is COC(=O)C1CCN(C(=O)C(=O)Nc2c3c(nn2-c2ccc(C)cc2)CS(=O)(=O)C3)CC1. The molecule has 2 aliphatic heterocycles. The zero-order chi connectivity index (χ0) is 23.0. The third-order valence-corrected chi connectivity index (χ3v) is 7.25. The largest absolute Gasteiger partial charge is 0.469 e. The first-order valence-corrected chi connectivity index (χ1v) is 12.1. The minimum Gasteiger partial charge on any atom is -0.469 e. The highest BCUT2D eigenvalue weighted by molar-refractivity contribution is 7.90. The molecule has 1 saturated heterocycles. The number of rotatable bonds is 3. The van der Waals surface area contributed by atoms with Crippen molar-refractivity contribution in [1.29, 1.82) is 0 Å². The number of piperidine rings is 1. The highest BCUT2D eigenvalue weighted by atomic mass is 32.2. The van der Waals surface area contributed by atoms with Crippen LogP contribution in [0.25, 0.3) is 5.69 Å². The number of carbonyl (C=O) groups is 3. The molecule has 32 heavy (non-hydrogen) atoms. The van der Waals surface area contributed by atoms with Crippen molar-refractivity contribution in [3.8, 4) is 5.69 Å². The number of likely N-dealkylation sites (tertiary alicyclic amines) is 1. The van der Waals surface area contributed by atoms with Crippen LogP contribution in [0.3, 0.4) is 0 Å². The Morgan fingerprint density at radius 1 is 1.09 bits per heavy atom. The van der Waals surface area contributed by atoms with Gasteiger partial charge in [0.25, 0.3) is 0 Å². The molecule has 0 spiro atoms. The summed E-state index contributed by atoms with van der Waals surface area (Å²) in [4.78, 5) is 38.6. The zero-order valence-electron chi connectivity index (χ0n) is 17.8. The number of amides is 2. The fraction of sp³-hybridized carbons (Fsp3) is 0.429. The third kappa shape index (κ3) is 4.24. The van der Waals surface area contributed by atoms with Crippen LogP contribution >= 0.6 is 0 Å². The summed E-state index contributed by atoms with van der Waals surface area (Å²) in [7, 11) is -2.03. The summed E-state index contributed by atoms with van der Waals surface area (Å²) in [5, 5.41) is 6.99. The molecule has 0 aliphatic carbocycles. The van der Waals surface area contributed by atoms with Gasteiger partial charge in [-0.25, -0.2) is 13.1 Å². The third-order valence-electron chi connectivity index (χ3n) is 5.81. The lowest BCUT2D eigenvalue weighted by molar-refractivity contribution is -0.150. The van der Waals surface area contributed by atoms with Gasteiger partial charge in [-0.2, -0.15) is 5.10 Å². The quantitative estimate of drug-likeness (QED) is 0.534. The Balaban J connectivity index is 1.56. The number of anilines is 1. The van der Waals surface area contributed by atoms with Crippen molar-refractivity contribution in [2.45, 2.75) is 31.3 Å². The monoisotopic (exact) mass is 460 g/mol. The van der Waals surface area contributed by atoms with Crippen molar-refractivity contribution in [2.75, 3.05) is 25.5 Å². The van der Waals surface area contributed by atoms with Gasteiger partial charge in [0, 0.05) is 18.7 Å². The lowest BCUT2D eigenvalue weighted by Crippen LogP contribution is -2.45. The van der Waals surface area contributed by atoms with Gasteiger partial charge in [0.05, 0.1) is 35.9 Å². The van der Waals surface area contributed by atoms with Crippen LogP contribution in [0.2, 0.25) is 0 Å². The highest BCUT2D eigenvalue weighted by Crippen LogP contribution is 2.33. The molecule has 2 aliphatic rings. The molecule has 0 unspecified atom stereocenters. The van der Waals surface area contributed by atoms with Crippen LogP contribution in [0.4, 0.5) is 5.82 Å². The Labute approximate surface area is 185 Å². The van der Waals surface area contributed by atoms with Crippen LogP contribution < -0.4 is 5.32 Å². The molecule has 2 amide bonds. The molecule has 2 aromatic rings. The molecule has 0 bridgehead atoms. The van der Waals surface area contributed by atoms with E-state index in [0.717, 1.165) is 5.56 Å². The number of nitrogens with one attached hydrogen (secondary N) is 1. The second kappa shape index (κ2) is 8.38. The maximum absolute atomic E-state index is 12.8. The average molecular weight is 461 g/mol. The van der Waals surface area contributed by atoms with Crippen molar-refractivity contribution in [3.63, 3.8) is 0 Å². The fourth-order valence-corrected chi connectivity index (χ4v) is 5.53. The van der Waals surface area contributed by atoms with E-state index < -0.39 is 21.7 Å². The number of ether oxygens (including phenoxy) is 1. The number of aryl methyl sites for hydroxylation is 1. The molecule has 1 N–H and O–H groups in total. The summed E-state index contributed by atoms with van der Waals surface area (Å²) in [6.45, 7) is 2.45. The number of esters is 1. The number of methoxy groups -OCH3 is 1. The smallest absolute Gasteiger partial charge is 0.315 e. The molecule has 1 fully saturated rings. The van der Waals surface area contributed by atoms with Crippen molar-refractivity contribution in [1.82, 2.24) is 14.7 Å². The van der Waals surface area contributed by atoms with Gasteiger partial charge in [0.2, 0.25) is 0 Å². The predicted octanol–water partition coefficient (Wildman–Crippen LogP) is 0.959. The first-order chi connectivity index (χ1) is 15.2. The van der Waals surface area contributed by atoms with Crippen molar-refractivity contribution < 1.29 is 27.5 Å². The van der Waals surface area contributed by atoms with Crippen LogP contribution in [0.5, 0.6) is 0 Å². The van der Waals surface area contributed by atoms with Gasteiger partial charge in [0.15, 0.2) is 9.84 Å². The summed E-state index contributed by atoms with van der Waals surface area (Å²) in [5.74, 6) is -2.49. The lowest BCUT2D eigenvalue weighted by atomic mass is 9.97. The maximum Gasteiger partial charge on any atom is 0.315 e. The molecule has 170 valence electrons. The van der Waals surface area contributed by atoms with Crippen LogP contribution in [-0.4, -0.2) is 61.1 Å². The van der Waals surface area contributed by atoms with Crippen LogP contribution in [0.1, 0.15) is 29.7 Å². The first-order valence-electron chi connectivity index (χ1n) is 10.2. The van der Waals surface area contributed by atoms with Gasteiger partial charge in [-0.15, -0.1) is 0 Å². The van der Waals surface area contributed by atoms with E-state index in [1.165, 1.54) is 16.7 Å². The molecule has 4 rings (SSSR count). The normalized spacial score (nSPS) is 17.6. The topological polar surface area (TPSA) is 128 Å². The zero-order valence-corrected chi connectivity index (χ0v) is 18.6. The number of carbonyl (C=O) groups excluding carboxylic acids is 3. The van der Waals surface area contributed by atoms with Gasteiger partial charge in [-0.3, -0.25) is 14.4 Å². The molecule has 3 heterocycles. The summed E-state index contributed by atoms with van der Waals surface area (Å²) in [6.07, 6.45) is 0.835. The second-order valence-corrected chi connectivity index (χ2v) is 10.2. The van der Waals surface area contributed by atoms with E-state index in [2.05, 4.69) is 10.4 Å². The lowest BCUT2D eigenvalue weighted by Gasteiger charge is -2.30. The minimum atomic E-state index is -3.35. The van der Waals surface area contributed by atoms with Crippen LogP contribution in [0, 0.1) is 12.8 Å². The van der Waals surface area contributed by atoms with E-state index in [-0.39, 0.29) is 42.3 Å². The molecular weight excluding hydrogens is 436 g/mol. The Morgan fingerprint density at radius 2 is 1.75 bits per heavy atom. The summed E-state index contributed by atoms with van der Waals surface area (Å²) >= 11 is 0. The van der Waals surface area contributed by atoms with E-state index in [4.69, 9.17) is 4.74 Å². The van der Waals surface area contributed by atoms with E-state index in [1.54, 1.807) is 12.1 Å². The van der Waals surface area contributed by atoms with Gasteiger partial charge < -0.3 is 15.0 Å². The number of benzene rings is 1. The number of sulfone groups is 1. The van der Waals surface area contributed by atoms with Crippen molar-refractivity contribution in [3.05, 3.63) is 41.1 Å². The second-order valence-electron chi connectivity index (χ2n) is 8.10. The minimum absolute atomic E-state index is 0.188. The maximum atomic E-state index is 12.8.